The van der Waals surface area contributed by atoms with Crippen molar-refractivity contribution in [1.82, 2.24) is 4.98 Å². The minimum Gasteiger partial charge on any atom is -0.376 e. The molecule has 0 N–H and O–H groups in total. The lowest BCUT2D eigenvalue weighted by molar-refractivity contribution is -0.117. The predicted octanol–water partition coefficient (Wildman–Crippen LogP) is 3.40. The fourth-order valence-corrected chi connectivity index (χ4v) is 4.23. The van der Waals surface area contributed by atoms with E-state index in [1.807, 2.05) is 19.1 Å². The molecule has 128 valence electrons. The van der Waals surface area contributed by atoms with Gasteiger partial charge in [-0.25, -0.2) is 4.98 Å². The highest BCUT2D eigenvalue weighted by atomic mass is 32.2. The summed E-state index contributed by atoms with van der Waals surface area (Å²) >= 11 is 2.55. The van der Waals surface area contributed by atoms with Gasteiger partial charge in [0.2, 0.25) is 5.91 Å². The number of anilines is 1. The molecule has 0 saturated carbocycles. The zero-order chi connectivity index (χ0) is 17.1. The van der Waals surface area contributed by atoms with Gasteiger partial charge in [-0.2, -0.15) is 0 Å². The van der Waals surface area contributed by atoms with Crippen molar-refractivity contribution in [2.45, 2.75) is 32.8 Å². The smallest absolute Gasteiger partial charge is 0.239 e. The number of carbonyl (C=O) groups is 2. The molecular formula is C17H20N2O3S2. The normalized spacial score (nSPS) is 17.3. The van der Waals surface area contributed by atoms with Gasteiger partial charge >= 0.3 is 0 Å². The van der Waals surface area contributed by atoms with E-state index in [9.17, 15) is 9.59 Å². The largest absolute Gasteiger partial charge is 0.376 e. The fraction of sp³-hybridized carbons (Fsp3) is 0.471. The molecular weight excluding hydrogens is 344 g/mol. The first kappa shape index (κ1) is 17.4. The molecule has 1 fully saturated rings. The maximum absolute atomic E-state index is 12.6. The average Bonchev–Trinajstić information content (AvgIpc) is 3.18. The summed E-state index contributed by atoms with van der Waals surface area (Å²) in [4.78, 5) is 30.1. The summed E-state index contributed by atoms with van der Waals surface area (Å²) < 4.78 is 6.75. The van der Waals surface area contributed by atoms with Gasteiger partial charge in [-0.15, -0.1) is 0 Å². The number of nitrogens with zero attached hydrogens (tertiary/aromatic N) is 2. The van der Waals surface area contributed by atoms with Gasteiger partial charge < -0.3 is 4.74 Å². The molecule has 0 radical (unpaired) electrons. The molecule has 1 saturated heterocycles. The lowest BCUT2D eigenvalue weighted by Crippen LogP contribution is -2.38. The molecule has 0 aliphatic carbocycles. The first-order chi connectivity index (χ1) is 11.5. The number of amides is 1. The summed E-state index contributed by atoms with van der Waals surface area (Å²) in [7, 11) is 0. The number of aromatic nitrogens is 1. The zero-order valence-electron chi connectivity index (χ0n) is 13.8. The van der Waals surface area contributed by atoms with Crippen molar-refractivity contribution in [1.29, 1.82) is 0 Å². The van der Waals surface area contributed by atoms with Crippen molar-refractivity contribution in [3.63, 3.8) is 0 Å². The molecule has 1 aromatic heterocycles. The highest BCUT2D eigenvalue weighted by Gasteiger charge is 2.26. The lowest BCUT2D eigenvalue weighted by atomic mass is 10.2. The molecule has 0 bridgehead atoms. The number of fused-ring (bicyclic) bond motifs is 1. The summed E-state index contributed by atoms with van der Waals surface area (Å²) in [6.07, 6.45) is 2.02. The first-order valence-electron chi connectivity index (χ1n) is 7.95. The number of thiazole rings is 1. The Morgan fingerprint density at radius 2 is 2.29 bits per heavy atom. The maximum atomic E-state index is 12.6. The van der Waals surface area contributed by atoms with Crippen LogP contribution in [0.15, 0.2) is 18.2 Å². The summed E-state index contributed by atoms with van der Waals surface area (Å²) in [6.45, 7) is 4.75. The van der Waals surface area contributed by atoms with Crippen molar-refractivity contribution >= 4 is 49.5 Å². The third-order valence-corrected chi connectivity index (χ3v) is 5.71. The topological polar surface area (TPSA) is 59.5 Å². The van der Waals surface area contributed by atoms with Gasteiger partial charge in [0.25, 0.3) is 0 Å². The molecule has 1 aliphatic heterocycles. The van der Waals surface area contributed by atoms with Crippen LogP contribution in [0.3, 0.4) is 0 Å². The standard InChI is InChI=1S/C17H20N2O3S2/c1-11-5-6-14-15(8-11)24-17(18-14)19(9-13-4-3-7-22-13)16(21)10-23-12(2)20/h5-6,8,13H,3-4,7,9-10H2,1-2H3. The van der Waals surface area contributed by atoms with E-state index >= 15 is 0 Å². The summed E-state index contributed by atoms with van der Waals surface area (Å²) in [5.41, 5.74) is 2.06. The van der Waals surface area contributed by atoms with Crippen molar-refractivity contribution in [2.75, 3.05) is 23.8 Å². The third kappa shape index (κ3) is 4.15. The summed E-state index contributed by atoms with van der Waals surface area (Å²) in [6, 6.07) is 6.07. The van der Waals surface area contributed by atoms with Crippen LogP contribution in [0, 0.1) is 6.92 Å². The second-order valence-corrected chi connectivity index (χ2v) is 8.05. The highest BCUT2D eigenvalue weighted by molar-refractivity contribution is 8.14. The van der Waals surface area contributed by atoms with Gasteiger partial charge in [-0.05, 0) is 37.5 Å². The summed E-state index contributed by atoms with van der Waals surface area (Å²) in [5.74, 6) is 0.0401. The second-order valence-electron chi connectivity index (χ2n) is 5.89. The molecule has 2 heterocycles. The lowest BCUT2D eigenvalue weighted by Gasteiger charge is -2.22. The number of aryl methyl sites for hydroxylation is 1. The molecule has 1 atom stereocenters. The number of ether oxygens (including phenoxy) is 1. The van der Waals surface area contributed by atoms with Crippen LogP contribution in [0.5, 0.6) is 0 Å². The van der Waals surface area contributed by atoms with Crippen LogP contribution in [-0.2, 0) is 14.3 Å². The molecule has 24 heavy (non-hydrogen) atoms. The van der Waals surface area contributed by atoms with Crippen molar-refractivity contribution in [3.8, 4) is 0 Å². The highest BCUT2D eigenvalue weighted by Crippen LogP contribution is 2.31. The molecule has 5 nitrogen and oxygen atoms in total. The van der Waals surface area contributed by atoms with Crippen LogP contribution in [0.25, 0.3) is 10.2 Å². The van der Waals surface area contributed by atoms with Crippen LogP contribution < -0.4 is 4.90 Å². The minimum atomic E-state index is -0.0959. The van der Waals surface area contributed by atoms with Gasteiger partial charge in [0.1, 0.15) is 0 Å². The van der Waals surface area contributed by atoms with E-state index in [0.717, 1.165) is 41.4 Å². The minimum absolute atomic E-state index is 0.0463. The number of benzene rings is 1. The van der Waals surface area contributed by atoms with Crippen LogP contribution >= 0.6 is 23.1 Å². The van der Waals surface area contributed by atoms with E-state index in [2.05, 4.69) is 11.1 Å². The first-order valence-corrected chi connectivity index (χ1v) is 9.75. The fourth-order valence-electron chi connectivity index (χ4n) is 2.65. The Balaban J connectivity index is 1.85. The van der Waals surface area contributed by atoms with Crippen molar-refractivity contribution in [3.05, 3.63) is 23.8 Å². The molecule has 0 spiro atoms. The van der Waals surface area contributed by atoms with E-state index in [4.69, 9.17) is 4.74 Å². The Hall–Kier alpha value is -1.44. The SMILES string of the molecule is CC(=O)SCC(=O)N(CC1CCCO1)c1nc2ccc(C)cc2s1. The van der Waals surface area contributed by atoms with E-state index < -0.39 is 0 Å². The number of carbonyl (C=O) groups excluding carboxylic acids is 2. The summed E-state index contributed by atoms with van der Waals surface area (Å²) in [5, 5.41) is 0.626. The molecule has 1 amide bonds. The number of hydrogen-bond donors (Lipinski definition) is 0. The van der Waals surface area contributed by atoms with Crippen LogP contribution in [0.4, 0.5) is 5.13 Å². The van der Waals surface area contributed by atoms with Crippen LogP contribution in [0.2, 0.25) is 0 Å². The molecule has 1 aliphatic rings. The average molecular weight is 364 g/mol. The number of rotatable bonds is 5. The van der Waals surface area contributed by atoms with Crippen molar-refractivity contribution in [2.24, 2.45) is 0 Å². The van der Waals surface area contributed by atoms with E-state index in [1.54, 1.807) is 4.90 Å². The Bertz CT molecular complexity index is 753. The van der Waals surface area contributed by atoms with Gasteiger partial charge in [-0.1, -0.05) is 29.2 Å². The molecule has 2 aromatic rings. The molecule has 7 heteroatoms. The maximum Gasteiger partial charge on any atom is 0.239 e. The van der Waals surface area contributed by atoms with Crippen molar-refractivity contribution < 1.29 is 14.3 Å². The molecule has 3 rings (SSSR count). The van der Waals surface area contributed by atoms with Crippen LogP contribution in [0.1, 0.15) is 25.3 Å². The Morgan fingerprint density at radius 3 is 3.00 bits per heavy atom. The Kier molecular flexibility index (Phi) is 5.53. The second kappa shape index (κ2) is 7.63. The van der Waals surface area contributed by atoms with E-state index in [0.29, 0.717) is 11.7 Å². The quantitative estimate of drug-likeness (QED) is 0.814. The third-order valence-electron chi connectivity index (χ3n) is 3.87. The monoisotopic (exact) mass is 364 g/mol. The Morgan fingerprint density at radius 1 is 1.46 bits per heavy atom. The van der Waals surface area contributed by atoms with Gasteiger partial charge in [-0.3, -0.25) is 14.5 Å². The van der Waals surface area contributed by atoms with Gasteiger partial charge in [0.05, 0.1) is 28.6 Å². The molecule has 1 aromatic carbocycles. The number of thioether (sulfide) groups is 1. The van der Waals surface area contributed by atoms with Gasteiger partial charge in [0, 0.05) is 13.5 Å². The van der Waals surface area contributed by atoms with E-state index in [-0.39, 0.29) is 22.9 Å². The number of hydrogen-bond acceptors (Lipinski definition) is 6. The Labute approximate surface area is 149 Å². The predicted molar refractivity (Wildman–Crippen MR) is 98.8 cm³/mol. The van der Waals surface area contributed by atoms with E-state index in [1.165, 1.54) is 23.8 Å². The molecule has 1 unspecified atom stereocenters. The van der Waals surface area contributed by atoms with Crippen LogP contribution in [-0.4, -0.2) is 41.0 Å². The van der Waals surface area contributed by atoms with Gasteiger partial charge in [0.15, 0.2) is 10.2 Å². The zero-order valence-corrected chi connectivity index (χ0v) is 15.4.